The van der Waals surface area contributed by atoms with Crippen LogP contribution in [0.1, 0.15) is 0 Å². The number of fused-ring (bicyclic) bond motifs is 1. The molecule has 2 heterocycles. The number of nitrogens with zero attached hydrogens (tertiary/aromatic N) is 2. The zero-order valence-corrected chi connectivity index (χ0v) is 9.69. The first kappa shape index (κ1) is 8.53. The van der Waals surface area contributed by atoms with Gasteiger partial charge in [0.2, 0.25) is 0 Å². The van der Waals surface area contributed by atoms with Gasteiger partial charge in [-0.3, -0.25) is 4.40 Å². The van der Waals surface area contributed by atoms with Crippen molar-refractivity contribution in [2.45, 2.75) is 0 Å². The summed E-state index contributed by atoms with van der Waals surface area (Å²) in [7, 11) is 0. The molecule has 0 aliphatic heterocycles. The first-order valence-corrected chi connectivity index (χ1v) is 5.13. The second kappa shape index (κ2) is 3.01. The van der Waals surface area contributed by atoms with Crippen LogP contribution in [0.5, 0.6) is 0 Å². The lowest BCUT2D eigenvalue weighted by atomic mass is 10.5. The molecular formula is C7H3Br2ClN2. The molecule has 0 bridgehead atoms. The maximum absolute atomic E-state index is 5.99. The molecule has 0 saturated carbocycles. The monoisotopic (exact) mass is 308 g/mol. The first-order valence-electron chi connectivity index (χ1n) is 3.16. The van der Waals surface area contributed by atoms with Crippen molar-refractivity contribution in [3.63, 3.8) is 0 Å². The van der Waals surface area contributed by atoms with Crippen molar-refractivity contribution in [1.82, 2.24) is 9.38 Å². The van der Waals surface area contributed by atoms with Crippen LogP contribution in [0, 0.1) is 0 Å². The van der Waals surface area contributed by atoms with E-state index in [0.717, 1.165) is 14.6 Å². The van der Waals surface area contributed by atoms with Gasteiger partial charge in [0.15, 0.2) is 5.65 Å². The minimum atomic E-state index is 0.630. The van der Waals surface area contributed by atoms with Crippen molar-refractivity contribution >= 4 is 49.1 Å². The maximum Gasteiger partial charge on any atom is 0.152 e. The molecule has 0 fully saturated rings. The standard InChI is InChI=1S/C7H3Br2ClN2/c8-4-3-5(9)7-11-1-2-12(7)6(4)10/h1-3H. The van der Waals surface area contributed by atoms with E-state index in [1.807, 2.05) is 12.3 Å². The van der Waals surface area contributed by atoms with Crippen LogP contribution >= 0.6 is 43.5 Å². The van der Waals surface area contributed by atoms with Crippen molar-refractivity contribution in [2.75, 3.05) is 0 Å². The second-order valence-corrected chi connectivity index (χ2v) is 4.32. The molecule has 5 heteroatoms. The normalized spacial score (nSPS) is 10.9. The summed E-state index contributed by atoms with van der Waals surface area (Å²) in [5.74, 6) is 0. The summed E-state index contributed by atoms with van der Waals surface area (Å²) >= 11 is 12.7. The lowest BCUT2D eigenvalue weighted by molar-refractivity contribution is 1.17. The lowest BCUT2D eigenvalue weighted by Gasteiger charge is -2.01. The number of hydrogen-bond donors (Lipinski definition) is 0. The molecule has 12 heavy (non-hydrogen) atoms. The topological polar surface area (TPSA) is 17.3 Å². The number of hydrogen-bond acceptors (Lipinski definition) is 1. The molecular weight excluding hydrogens is 307 g/mol. The molecule has 0 aliphatic carbocycles. The molecule has 0 saturated heterocycles. The molecule has 2 aromatic rings. The van der Waals surface area contributed by atoms with Crippen LogP contribution in [0.15, 0.2) is 27.4 Å². The fourth-order valence-electron chi connectivity index (χ4n) is 0.989. The van der Waals surface area contributed by atoms with Crippen LogP contribution in [0.2, 0.25) is 5.15 Å². The highest BCUT2D eigenvalue weighted by Crippen LogP contribution is 2.28. The zero-order valence-electron chi connectivity index (χ0n) is 5.76. The quantitative estimate of drug-likeness (QED) is 0.681. The lowest BCUT2D eigenvalue weighted by Crippen LogP contribution is -1.87. The maximum atomic E-state index is 5.99. The van der Waals surface area contributed by atoms with Crippen LogP contribution in [-0.4, -0.2) is 9.38 Å². The number of rotatable bonds is 0. The zero-order chi connectivity index (χ0) is 8.72. The van der Waals surface area contributed by atoms with Gasteiger partial charge in [0.25, 0.3) is 0 Å². The van der Waals surface area contributed by atoms with E-state index in [2.05, 4.69) is 36.8 Å². The van der Waals surface area contributed by atoms with Gasteiger partial charge in [-0.1, -0.05) is 11.6 Å². The molecule has 0 amide bonds. The van der Waals surface area contributed by atoms with E-state index in [4.69, 9.17) is 11.6 Å². The molecule has 0 atom stereocenters. The number of imidazole rings is 1. The highest BCUT2D eigenvalue weighted by molar-refractivity contribution is 9.11. The van der Waals surface area contributed by atoms with E-state index in [0.29, 0.717) is 5.15 Å². The van der Waals surface area contributed by atoms with Crippen molar-refractivity contribution < 1.29 is 0 Å². The Morgan fingerprint density at radius 1 is 1.33 bits per heavy atom. The number of aromatic nitrogens is 2. The Kier molecular flexibility index (Phi) is 2.14. The van der Waals surface area contributed by atoms with Crippen LogP contribution in [0.4, 0.5) is 0 Å². The van der Waals surface area contributed by atoms with Gasteiger partial charge in [-0.15, -0.1) is 0 Å². The SMILES string of the molecule is Clc1c(Br)cc(Br)c2nccn12. The van der Waals surface area contributed by atoms with Crippen LogP contribution in [-0.2, 0) is 0 Å². The molecule has 0 radical (unpaired) electrons. The molecule has 62 valence electrons. The molecule has 0 aliphatic rings. The van der Waals surface area contributed by atoms with Gasteiger partial charge >= 0.3 is 0 Å². The predicted molar refractivity (Wildman–Crippen MR) is 55.6 cm³/mol. The van der Waals surface area contributed by atoms with Crippen molar-refractivity contribution in [2.24, 2.45) is 0 Å². The summed E-state index contributed by atoms with van der Waals surface area (Å²) in [4.78, 5) is 4.13. The van der Waals surface area contributed by atoms with E-state index in [9.17, 15) is 0 Å². The van der Waals surface area contributed by atoms with E-state index >= 15 is 0 Å². The van der Waals surface area contributed by atoms with Crippen LogP contribution < -0.4 is 0 Å². The van der Waals surface area contributed by atoms with Crippen LogP contribution in [0.3, 0.4) is 0 Å². The Morgan fingerprint density at radius 2 is 2.08 bits per heavy atom. The van der Waals surface area contributed by atoms with Gasteiger partial charge in [-0.2, -0.15) is 0 Å². The Bertz CT molecular complexity index is 438. The van der Waals surface area contributed by atoms with Gasteiger partial charge in [0.05, 0.1) is 8.95 Å². The molecule has 0 aromatic carbocycles. The molecule has 0 spiro atoms. The highest BCUT2D eigenvalue weighted by Gasteiger charge is 2.06. The van der Waals surface area contributed by atoms with Crippen LogP contribution in [0.25, 0.3) is 5.65 Å². The first-order chi connectivity index (χ1) is 5.70. The third-order valence-corrected chi connectivity index (χ3v) is 3.32. The predicted octanol–water partition coefficient (Wildman–Crippen LogP) is 3.51. The minimum absolute atomic E-state index is 0.630. The third kappa shape index (κ3) is 1.18. The molecule has 0 N–H and O–H groups in total. The summed E-state index contributed by atoms with van der Waals surface area (Å²) in [6, 6.07) is 1.88. The summed E-state index contributed by atoms with van der Waals surface area (Å²) in [5.41, 5.74) is 0.822. The molecule has 0 unspecified atom stereocenters. The van der Waals surface area contributed by atoms with Crippen molar-refractivity contribution in [1.29, 1.82) is 0 Å². The fourth-order valence-corrected chi connectivity index (χ4v) is 2.43. The van der Waals surface area contributed by atoms with Gasteiger partial charge in [0.1, 0.15) is 5.15 Å². The summed E-state index contributed by atoms with van der Waals surface area (Å²) in [5, 5.41) is 0.630. The molecule has 2 aromatic heterocycles. The highest BCUT2D eigenvalue weighted by atomic mass is 79.9. The van der Waals surface area contributed by atoms with Gasteiger partial charge in [-0.25, -0.2) is 4.98 Å². The van der Waals surface area contributed by atoms with Crippen molar-refractivity contribution in [3.05, 3.63) is 32.6 Å². The van der Waals surface area contributed by atoms with E-state index < -0.39 is 0 Å². The number of halogens is 3. The largest absolute Gasteiger partial charge is 0.288 e. The Morgan fingerprint density at radius 3 is 2.83 bits per heavy atom. The molecule has 2 rings (SSSR count). The van der Waals surface area contributed by atoms with E-state index in [1.165, 1.54) is 0 Å². The molecule has 2 nitrogen and oxygen atoms in total. The third-order valence-electron chi connectivity index (χ3n) is 1.52. The van der Waals surface area contributed by atoms with Crippen molar-refractivity contribution in [3.8, 4) is 0 Å². The summed E-state index contributed by atoms with van der Waals surface area (Å²) < 4.78 is 3.57. The Balaban J connectivity index is 2.97. The average Bonchev–Trinajstić information content (AvgIpc) is 2.48. The van der Waals surface area contributed by atoms with Gasteiger partial charge in [0, 0.05) is 12.4 Å². The van der Waals surface area contributed by atoms with Gasteiger partial charge < -0.3 is 0 Å². The van der Waals surface area contributed by atoms with E-state index in [-0.39, 0.29) is 0 Å². The Labute approximate surface area is 90.8 Å². The fraction of sp³-hybridized carbons (Fsp3) is 0. The summed E-state index contributed by atoms with van der Waals surface area (Å²) in [6.45, 7) is 0. The summed E-state index contributed by atoms with van der Waals surface area (Å²) in [6.07, 6.45) is 3.52. The average molecular weight is 310 g/mol. The van der Waals surface area contributed by atoms with Gasteiger partial charge in [-0.05, 0) is 37.9 Å². The number of pyridine rings is 1. The minimum Gasteiger partial charge on any atom is -0.288 e. The second-order valence-electron chi connectivity index (χ2n) is 2.25. The Hall–Kier alpha value is -0.0600. The van der Waals surface area contributed by atoms with E-state index in [1.54, 1.807) is 10.6 Å². The smallest absolute Gasteiger partial charge is 0.152 e.